The third-order valence-corrected chi connectivity index (χ3v) is 3.40. The molecule has 0 saturated carbocycles. The molecule has 0 radical (unpaired) electrons. The van der Waals surface area contributed by atoms with E-state index in [2.05, 4.69) is 38.1 Å². The molecular weight excluding hydrogens is 220 g/mol. The summed E-state index contributed by atoms with van der Waals surface area (Å²) in [5.41, 5.74) is 3.42. The van der Waals surface area contributed by atoms with Gasteiger partial charge in [-0.05, 0) is 34.7 Å². The smallest absolute Gasteiger partial charge is 0.150 e. The molecule has 0 unspecified atom stereocenters. The highest BCUT2D eigenvalue weighted by Gasteiger charge is 2.07. The minimum Gasteiger partial charge on any atom is -0.298 e. The van der Waals surface area contributed by atoms with Crippen molar-refractivity contribution in [3.05, 3.63) is 47.0 Å². The summed E-state index contributed by atoms with van der Waals surface area (Å²) in [6.07, 6.45) is 5.30. The summed E-state index contributed by atoms with van der Waals surface area (Å²) in [6.45, 7) is 4.35. The van der Waals surface area contributed by atoms with Gasteiger partial charge in [0.05, 0.1) is 0 Å². The Labute approximate surface area is 109 Å². The van der Waals surface area contributed by atoms with Crippen molar-refractivity contribution in [3.8, 4) is 0 Å². The average molecular weight is 240 g/mol. The Hall–Kier alpha value is -1.63. The first kappa shape index (κ1) is 12.8. The quantitative estimate of drug-likeness (QED) is 0.700. The second-order valence-electron chi connectivity index (χ2n) is 4.81. The van der Waals surface area contributed by atoms with Gasteiger partial charge in [0, 0.05) is 5.56 Å². The first-order chi connectivity index (χ1) is 8.80. The van der Waals surface area contributed by atoms with E-state index in [1.165, 1.54) is 28.3 Å². The van der Waals surface area contributed by atoms with Gasteiger partial charge in [0.2, 0.25) is 0 Å². The lowest BCUT2D eigenvalue weighted by Crippen LogP contribution is -1.95. The predicted octanol–water partition coefficient (Wildman–Crippen LogP) is 4.56. The van der Waals surface area contributed by atoms with Gasteiger partial charge in [-0.25, -0.2) is 0 Å². The monoisotopic (exact) mass is 240 g/mol. The van der Waals surface area contributed by atoms with Crippen LogP contribution < -0.4 is 0 Å². The average Bonchev–Trinajstić information content (AvgIpc) is 2.39. The number of aryl methyl sites for hydroxylation is 2. The van der Waals surface area contributed by atoms with Gasteiger partial charge in [0.15, 0.2) is 0 Å². The highest BCUT2D eigenvalue weighted by Crippen LogP contribution is 2.24. The molecule has 1 heteroatoms. The zero-order valence-corrected chi connectivity index (χ0v) is 11.2. The van der Waals surface area contributed by atoms with Crippen LogP contribution in [0.4, 0.5) is 0 Å². The molecule has 0 bridgehead atoms. The SMILES string of the molecule is CCCc1ccc2c(CCC)c(C=O)ccc2c1. The fourth-order valence-electron chi connectivity index (χ4n) is 2.54. The molecule has 18 heavy (non-hydrogen) atoms. The molecule has 0 heterocycles. The van der Waals surface area contributed by atoms with Gasteiger partial charge in [-0.3, -0.25) is 4.79 Å². The molecule has 0 aliphatic rings. The van der Waals surface area contributed by atoms with E-state index in [1.54, 1.807) is 0 Å². The van der Waals surface area contributed by atoms with Crippen molar-refractivity contribution < 1.29 is 4.79 Å². The molecule has 94 valence electrons. The van der Waals surface area contributed by atoms with Gasteiger partial charge in [-0.15, -0.1) is 0 Å². The molecule has 2 aromatic carbocycles. The number of aldehydes is 1. The topological polar surface area (TPSA) is 17.1 Å². The van der Waals surface area contributed by atoms with Crippen LogP contribution in [-0.4, -0.2) is 6.29 Å². The van der Waals surface area contributed by atoms with Crippen LogP contribution in [0.25, 0.3) is 10.8 Å². The zero-order valence-electron chi connectivity index (χ0n) is 11.2. The number of rotatable bonds is 5. The number of hydrogen-bond acceptors (Lipinski definition) is 1. The fourth-order valence-corrected chi connectivity index (χ4v) is 2.54. The van der Waals surface area contributed by atoms with E-state index in [1.807, 2.05) is 6.07 Å². The van der Waals surface area contributed by atoms with Crippen molar-refractivity contribution in [2.75, 3.05) is 0 Å². The summed E-state index contributed by atoms with van der Waals surface area (Å²) >= 11 is 0. The Balaban J connectivity index is 2.58. The molecule has 0 aromatic heterocycles. The van der Waals surface area contributed by atoms with E-state index in [4.69, 9.17) is 0 Å². The maximum absolute atomic E-state index is 11.1. The van der Waals surface area contributed by atoms with Crippen LogP contribution in [0.15, 0.2) is 30.3 Å². The van der Waals surface area contributed by atoms with Crippen LogP contribution >= 0.6 is 0 Å². The molecule has 0 spiro atoms. The molecule has 0 aliphatic carbocycles. The van der Waals surface area contributed by atoms with Crippen molar-refractivity contribution in [1.29, 1.82) is 0 Å². The Morgan fingerprint density at radius 1 is 1.00 bits per heavy atom. The summed E-state index contributed by atoms with van der Waals surface area (Å²) in [7, 11) is 0. The Kier molecular flexibility index (Phi) is 4.14. The van der Waals surface area contributed by atoms with Gasteiger partial charge in [0.25, 0.3) is 0 Å². The van der Waals surface area contributed by atoms with Crippen molar-refractivity contribution in [1.82, 2.24) is 0 Å². The van der Waals surface area contributed by atoms with E-state index in [-0.39, 0.29) is 0 Å². The van der Waals surface area contributed by atoms with Gasteiger partial charge in [-0.1, -0.05) is 57.0 Å². The van der Waals surface area contributed by atoms with Crippen LogP contribution in [0.3, 0.4) is 0 Å². The summed E-state index contributed by atoms with van der Waals surface area (Å²) < 4.78 is 0. The van der Waals surface area contributed by atoms with Gasteiger partial charge in [0.1, 0.15) is 6.29 Å². The molecule has 2 rings (SSSR count). The van der Waals surface area contributed by atoms with Crippen LogP contribution in [0, 0.1) is 0 Å². The van der Waals surface area contributed by atoms with E-state index in [0.29, 0.717) is 0 Å². The normalized spacial score (nSPS) is 10.8. The third-order valence-electron chi connectivity index (χ3n) is 3.40. The lowest BCUT2D eigenvalue weighted by molar-refractivity contribution is 0.112. The second-order valence-corrected chi connectivity index (χ2v) is 4.81. The molecule has 0 saturated heterocycles. The largest absolute Gasteiger partial charge is 0.298 e. The van der Waals surface area contributed by atoms with Crippen molar-refractivity contribution >= 4 is 17.1 Å². The lowest BCUT2D eigenvalue weighted by atomic mass is 9.94. The number of carbonyl (C=O) groups is 1. The minimum atomic E-state index is 0.840. The molecular formula is C17H20O. The molecule has 1 nitrogen and oxygen atoms in total. The zero-order chi connectivity index (χ0) is 13.0. The van der Waals surface area contributed by atoms with Gasteiger partial charge >= 0.3 is 0 Å². The summed E-state index contributed by atoms with van der Waals surface area (Å²) in [4.78, 5) is 11.1. The Bertz CT molecular complexity index is 555. The second kappa shape index (κ2) is 5.81. The van der Waals surface area contributed by atoms with Crippen molar-refractivity contribution in [2.24, 2.45) is 0 Å². The molecule has 0 N–H and O–H groups in total. The fraction of sp³-hybridized carbons (Fsp3) is 0.353. The first-order valence-electron chi connectivity index (χ1n) is 6.79. The van der Waals surface area contributed by atoms with E-state index in [9.17, 15) is 4.79 Å². The molecule has 2 aromatic rings. The summed E-state index contributed by atoms with van der Waals surface area (Å²) in [5, 5.41) is 2.50. The van der Waals surface area contributed by atoms with Crippen LogP contribution in [0.2, 0.25) is 0 Å². The maximum Gasteiger partial charge on any atom is 0.150 e. The lowest BCUT2D eigenvalue weighted by Gasteiger charge is -2.10. The molecule has 0 aliphatic heterocycles. The maximum atomic E-state index is 11.1. The molecule has 0 atom stereocenters. The summed E-state index contributed by atoms with van der Waals surface area (Å²) in [5.74, 6) is 0. The number of benzene rings is 2. The van der Waals surface area contributed by atoms with Crippen molar-refractivity contribution in [3.63, 3.8) is 0 Å². The standard InChI is InChI=1S/C17H20O/c1-3-5-13-7-10-17-14(11-13)8-9-15(12-18)16(17)6-4-2/h7-12H,3-6H2,1-2H3. The Morgan fingerprint density at radius 3 is 2.44 bits per heavy atom. The Morgan fingerprint density at radius 2 is 1.78 bits per heavy atom. The van der Waals surface area contributed by atoms with E-state index in [0.717, 1.165) is 31.1 Å². The number of carbonyl (C=O) groups excluding carboxylic acids is 1. The number of hydrogen-bond donors (Lipinski definition) is 0. The van der Waals surface area contributed by atoms with E-state index < -0.39 is 0 Å². The summed E-state index contributed by atoms with van der Waals surface area (Å²) in [6, 6.07) is 10.7. The van der Waals surface area contributed by atoms with E-state index >= 15 is 0 Å². The van der Waals surface area contributed by atoms with Gasteiger partial charge < -0.3 is 0 Å². The van der Waals surface area contributed by atoms with Crippen LogP contribution in [0.1, 0.15) is 48.2 Å². The van der Waals surface area contributed by atoms with Crippen LogP contribution in [-0.2, 0) is 12.8 Å². The van der Waals surface area contributed by atoms with Gasteiger partial charge in [-0.2, -0.15) is 0 Å². The van der Waals surface area contributed by atoms with Crippen LogP contribution in [0.5, 0.6) is 0 Å². The highest BCUT2D eigenvalue weighted by molar-refractivity contribution is 5.93. The molecule has 0 fully saturated rings. The number of fused-ring (bicyclic) bond motifs is 1. The highest BCUT2D eigenvalue weighted by atomic mass is 16.1. The van der Waals surface area contributed by atoms with Crippen molar-refractivity contribution in [2.45, 2.75) is 39.5 Å². The first-order valence-corrected chi connectivity index (χ1v) is 6.79. The minimum absolute atomic E-state index is 0.840. The molecule has 0 amide bonds. The predicted molar refractivity (Wildman–Crippen MR) is 77.3 cm³/mol. The third kappa shape index (κ3) is 2.45.